The predicted molar refractivity (Wildman–Crippen MR) is 146 cm³/mol. The van der Waals surface area contributed by atoms with Crippen molar-refractivity contribution in [3.8, 4) is 0 Å². The highest BCUT2D eigenvalue weighted by Gasteiger charge is 2.40. The molecule has 4 aromatic rings. The van der Waals surface area contributed by atoms with Crippen molar-refractivity contribution in [2.45, 2.75) is 6.10 Å². The fourth-order valence-corrected chi connectivity index (χ4v) is 4.59. The first-order valence-electron chi connectivity index (χ1n) is 11.7. The molecule has 1 atom stereocenters. The lowest BCUT2D eigenvalue weighted by atomic mass is 9.99. The number of imide groups is 1. The van der Waals surface area contributed by atoms with Crippen molar-refractivity contribution >= 4 is 58.1 Å². The molecule has 0 unspecified atom stereocenters. The maximum atomic E-state index is 13.5. The first kappa shape index (κ1) is 26.7. The van der Waals surface area contributed by atoms with Crippen LogP contribution in [0.1, 0.15) is 53.1 Å². The van der Waals surface area contributed by atoms with Crippen molar-refractivity contribution in [3.05, 3.63) is 139 Å². The van der Waals surface area contributed by atoms with E-state index in [0.29, 0.717) is 0 Å². The van der Waals surface area contributed by atoms with E-state index in [0.717, 1.165) is 4.90 Å². The number of para-hydroxylation sites is 1. The number of esters is 1. The summed E-state index contributed by atoms with van der Waals surface area (Å²) in [5.74, 6) is -3.02. The molecular weight excluding hydrogens is 559 g/mol. The number of nitro benzene ring substituents is 1. The van der Waals surface area contributed by atoms with Crippen molar-refractivity contribution < 1.29 is 28.8 Å². The number of ketones is 1. The zero-order valence-corrected chi connectivity index (χ0v) is 21.8. The number of ether oxygens (including phenoxy) is 1. The highest BCUT2D eigenvalue weighted by atomic mass is 35.5. The van der Waals surface area contributed by atoms with Crippen LogP contribution in [-0.2, 0) is 4.74 Å². The normalized spacial score (nSPS) is 13.1. The van der Waals surface area contributed by atoms with Crippen molar-refractivity contribution in [1.29, 1.82) is 0 Å². The van der Waals surface area contributed by atoms with E-state index in [1.165, 1.54) is 72.8 Å². The summed E-state index contributed by atoms with van der Waals surface area (Å²) in [7, 11) is 0. The Balaban J connectivity index is 1.52. The van der Waals surface area contributed by atoms with Gasteiger partial charge in [-0.2, -0.15) is 0 Å². The smallest absolute Gasteiger partial charge is 0.341 e. The molecule has 0 N–H and O–H groups in total. The minimum absolute atomic E-state index is 0.0191. The van der Waals surface area contributed by atoms with Gasteiger partial charge in [-0.3, -0.25) is 24.5 Å². The van der Waals surface area contributed by atoms with E-state index in [9.17, 15) is 29.3 Å². The summed E-state index contributed by atoms with van der Waals surface area (Å²) in [5, 5.41) is 11.3. The summed E-state index contributed by atoms with van der Waals surface area (Å²) in [5.41, 5.74) is 0.0206. The lowest BCUT2D eigenvalue weighted by molar-refractivity contribution is -0.384. The van der Waals surface area contributed by atoms with Gasteiger partial charge >= 0.3 is 5.97 Å². The van der Waals surface area contributed by atoms with Crippen LogP contribution in [-0.4, -0.2) is 28.5 Å². The van der Waals surface area contributed by atoms with Crippen LogP contribution in [0.2, 0.25) is 10.0 Å². The predicted octanol–water partition coefficient (Wildman–Crippen LogP) is 6.48. The number of anilines is 1. The van der Waals surface area contributed by atoms with Gasteiger partial charge in [-0.05, 0) is 36.4 Å². The van der Waals surface area contributed by atoms with E-state index in [4.69, 9.17) is 27.9 Å². The molecule has 4 aromatic carbocycles. The molecule has 5 rings (SSSR count). The molecular formula is C29H16Cl2N2O7. The number of amides is 2. The summed E-state index contributed by atoms with van der Waals surface area (Å²) in [6, 6.07) is 21.4. The quantitative estimate of drug-likeness (QED) is 0.0812. The highest BCUT2D eigenvalue weighted by Crippen LogP contribution is 2.36. The Morgan fingerprint density at radius 1 is 0.800 bits per heavy atom. The Morgan fingerprint density at radius 3 is 1.93 bits per heavy atom. The Kier molecular flexibility index (Phi) is 7.17. The highest BCUT2D eigenvalue weighted by molar-refractivity contribution is 6.44. The number of carbonyl (C=O) groups excluding carboxylic acids is 4. The van der Waals surface area contributed by atoms with Gasteiger partial charge in [0.05, 0.1) is 37.3 Å². The zero-order chi connectivity index (χ0) is 28.6. The number of hydrogen-bond donors (Lipinski definition) is 0. The third kappa shape index (κ3) is 4.84. The number of halogens is 2. The van der Waals surface area contributed by atoms with Crippen LogP contribution >= 0.6 is 23.2 Å². The largest absolute Gasteiger partial charge is 0.445 e. The van der Waals surface area contributed by atoms with Gasteiger partial charge in [0.15, 0.2) is 6.10 Å². The molecule has 198 valence electrons. The van der Waals surface area contributed by atoms with Gasteiger partial charge in [0.1, 0.15) is 0 Å². The van der Waals surface area contributed by atoms with Gasteiger partial charge in [0.2, 0.25) is 5.78 Å². The molecule has 1 heterocycles. The van der Waals surface area contributed by atoms with Gasteiger partial charge in [-0.1, -0.05) is 65.7 Å². The van der Waals surface area contributed by atoms with Crippen LogP contribution < -0.4 is 4.90 Å². The average Bonchev–Trinajstić information content (AvgIpc) is 3.20. The average molecular weight is 575 g/mol. The van der Waals surface area contributed by atoms with Gasteiger partial charge in [0.25, 0.3) is 17.5 Å². The maximum Gasteiger partial charge on any atom is 0.341 e. The lowest BCUT2D eigenvalue weighted by Crippen LogP contribution is -2.31. The van der Waals surface area contributed by atoms with Crippen LogP contribution in [0.4, 0.5) is 11.4 Å². The molecule has 0 aromatic heterocycles. The van der Waals surface area contributed by atoms with E-state index in [-0.39, 0.29) is 49.2 Å². The first-order valence-corrected chi connectivity index (χ1v) is 12.4. The Morgan fingerprint density at radius 2 is 1.35 bits per heavy atom. The minimum Gasteiger partial charge on any atom is -0.445 e. The summed E-state index contributed by atoms with van der Waals surface area (Å²) < 4.78 is 5.68. The van der Waals surface area contributed by atoms with Crippen molar-refractivity contribution in [1.82, 2.24) is 0 Å². The number of nitrogens with zero attached hydrogens (tertiary/aromatic N) is 2. The zero-order valence-electron chi connectivity index (χ0n) is 20.2. The van der Waals surface area contributed by atoms with Crippen LogP contribution in [0, 0.1) is 10.1 Å². The summed E-state index contributed by atoms with van der Waals surface area (Å²) >= 11 is 12.1. The van der Waals surface area contributed by atoms with Crippen molar-refractivity contribution in [2.75, 3.05) is 4.90 Å². The van der Waals surface area contributed by atoms with E-state index in [2.05, 4.69) is 0 Å². The van der Waals surface area contributed by atoms with E-state index >= 15 is 0 Å². The van der Waals surface area contributed by atoms with Crippen LogP contribution in [0.5, 0.6) is 0 Å². The molecule has 0 bridgehead atoms. The number of Topliss-reactive ketones (excluding diaryl/α,β-unsaturated/α-hetero) is 1. The first-order chi connectivity index (χ1) is 19.2. The number of non-ortho nitro benzene ring substituents is 1. The monoisotopic (exact) mass is 574 g/mol. The molecule has 11 heteroatoms. The maximum absolute atomic E-state index is 13.5. The molecule has 1 aliphatic heterocycles. The second kappa shape index (κ2) is 10.7. The number of carbonyl (C=O) groups is 4. The number of benzene rings is 4. The SMILES string of the molecule is O=C(O[C@@H](C(=O)c1ccccc1)c1ccc([N+](=O)[O-])cc1)c1ccccc1N1C(=O)c2cc(Cl)c(Cl)cc2C1=O. The van der Waals surface area contributed by atoms with Gasteiger partial charge in [0, 0.05) is 23.3 Å². The topological polar surface area (TPSA) is 124 Å². The van der Waals surface area contributed by atoms with E-state index < -0.39 is 34.6 Å². The number of rotatable bonds is 7. The third-order valence-electron chi connectivity index (χ3n) is 6.22. The second-order valence-electron chi connectivity index (χ2n) is 8.64. The Bertz CT molecular complexity index is 1660. The van der Waals surface area contributed by atoms with Gasteiger partial charge in [-0.25, -0.2) is 9.69 Å². The molecule has 9 nitrogen and oxygen atoms in total. The molecule has 0 saturated heterocycles. The molecule has 1 aliphatic rings. The number of fused-ring (bicyclic) bond motifs is 1. The van der Waals surface area contributed by atoms with Crippen LogP contribution in [0.15, 0.2) is 91.0 Å². The molecule has 0 aliphatic carbocycles. The fraction of sp³-hybridized carbons (Fsp3) is 0.0345. The summed E-state index contributed by atoms with van der Waals surface area (Å²) in [6.45, 7) is 0. The fourth-order valence-electron chi connectivity index (χ4n) is 4.26. The number of hydrogen-bond acceptors (Lipinski definition) is 7. The molecule has 0 spiro atoms. The lowest BCUT2D eigenvalue weighted by Gasteiger charge is -2.21. The second-order valence-corrected chi connectivity index (χ2v) is 9.45. The van der Waals surface area contributed by atoms with Gasteiger partial charge in [-0.15, -0.1) is 0 Å². The Hall–Kier alpha value is -4.86. The molecule has 0 fully saturated rings. The Labute approximate surface area is 236 Å². The standard InChI is InChI=1S/C29H16Cl2N2O7/c30-22-14-20-21(15-23(22)31)28(36)32(27(20)35)24-9-5-4-8-19(24)29(37)40-26(25(34)16-6-2-1-3-7-16)17-10-12-18(13-11-17)33(38)39/h1-15,26H/t26-/m1/s1. The van der Waals surface area contributed by atoms with Crippen LogP contribution in [0.3, 0.4) is 0 Å². The van der Waals surface area contributed by atoms with E-state index in [1.807, 2.05) is 0 Å². The summed E-state index contributed by atoms with van der Waals surface area (Å²) in [4.78, 5) is 64.7. The molecule has 40 heavy (non-hydrogen) atoms. The minimum atomic E-state index is -1.48. The number of nitro groups is 1. The van der Waals surface area contributed by atoms with Crippen molar-refractivity contribution in [2.24, 2.45) is 0 Å². The summed E-state index contributed by atoms with van der Waals surface area (Å²) in [6.07, 6.45) is -1.48. The van der Waals surface area contributed by atoms with Gasteiger partial charge < -0.3 is 4.74 Å². The van der Waals surface area contributed by atoms with E-state index in [1.54, 1.807) is 18.2 Å². The molecule has 0 radical (unpaired) electrons. The molecule has 2 amide bonds. The third-order valence-corrected chi connectivity index (χ3v) is 6.94. The van der Waals surface area contributed by atoms with Crippen LogP contribution in [0.25, 0.3) is 0 Å². The molecule has 0 saturated carbocycles. The van der Waals surface area contributed by atoms with Crippen molar-refractivity contribution in [3.63, 3.8) is 0 Å².